The van der Waals surface area contributed by atoms with E-state index in [0.29, 0.717) is 24.7 Å². The summed E-state index contributed by atoms with van der Waals surface area (Å²) < 4.78 is 11.4. The second kappa shape index (κ2) is 11.6. The van der Waals surface area contributed by atoms with E-state index in [-0.39, 0.29) is 5.91 Å². The van der Waals surface area contributed by atoms with Gasteiger partial charge >= 0.3 is 0 Å². The maximum absolute atomic E-state index is 13.0. The van der Waals surface area contributed by atoms with Crippen molar-refractivity contribution < 1.29 is 14.3 Å². The molecule has 0 unspecified atom stereocenters. The molecule has 5 nitrogen and oxygen atoms in total. The minimum absolute atomic E-state index is 0.193. The minimum Gasteiger partial charge on any atom is -0.490 e. The third kappa shape index (κ3) is 6.19. The molecule has 0 saturated heterocycles. The van der Waals surface area contributed by atoms with Gasteiger partial charge in [0, 0.05) is 0 Å². The molecule has 3 aromatic carbocycles. The SMILES string of the molecule is CCCOc1ccc(/C=N/NC(=O)C(c2ccccc2)c2ccccc2)cc1OCC. The lowest BCUT2D eigenvalue weighted by molar-refractivity contribution is -0.121. The zero-order valence-corrected chi connectivity index (χ0v) is 18.0. The maximum Gasteiger partial charge on any atom is 0.252 e. The van der Waals surface area contributed by atoms with Crippen LogP contribution in [0.1, 0.15) is 42.9 Å². The fourth-order valence-electron chi connectivity index (χ4n) is 3.23. The maximum atomic E-state index is 13.0. The number of carbonyl (C=O) groups excluding carboxylic acids is 1. The zero-order valence-electron chi connectivity index (χ0n) is 18.0. The van der Waals surface area contributed by atoms with Crippen molar-refractivity contribution in [3.63, 3.8) is 0 Å². The first-order chi connectivity index (χ1) is 15.2. The van der Waals surface area contributed by atoms with Gasteiger partial charge in [0.15, 0.2) is 11.5 Å². The van der Waals surface area contributed by atoms with Crippen LogP contribution in [0, 0.1) is 0 Å². The normalized spacial score (nSPS) is 10.9. The molecule has 31 heavy (non-hydrogen) atoms. The Morgan fingerprint density at radius 3 is 2.13 bits per heavy atom. The number of hydrazone groups is 1. The molecule has 0 fully saturated rings. The minimum atomic E-state index is -0.441. The molecular weight excluding hydrogens is 388 g/mol. The lowest BCUT2D eigenvalue weighted by atomic mass is 9.91. The lowest BCUT2D eigenvalue weighted by Gasteiger charge is -2.16. The first-order valence-corrected chi connectivity index (χ1v) is 10.5. The van der Waals surface area contributed by atoms with Crippen LogP contribution in [0.3, 0.4) is 0 Å². The molecule has 5 heteroatoms. The Morgan fingerprint density at radius 2 is 1.55 bits per heavy atom. The third-order valence-corrected chi connectivity index (χ3v) is 4.65. The van der Waals surface area contributed by atoms with Crippen molar-refractivity contribution in [3.8, 4) is 11.5 Å². The molecule has 0 aliphatic heterocycles. The molecule has 0 heterocycles. The molecule has 1 N–H and O–H groups in total. The van der Waals surface area contributed by atoms with Crippen LogP contribution in [-0.2, 0) is 4.79 Å². The van der Waals surface area contributed by atoms with Gasteiger partial charge in [-0.15, -0.1) is 0 Å². The van der Waals surface area contributed by atoms with Crippen molar-refractivity contribution in [2.45, 2.75) is 26.2 Å². The highest BCUT2D eigenvalue weighted by Crippen LogP contribution is 2.28. The van der Waals surface area contributed by atoms with Crippen molar-refractivity contribution in [2.75, 3.05) is 13.2 Å². The van der Waals surface area contributed by atoms with Gasteiger partial charge in [0.25, 0.3) is 5.91 Å². The molecule has 0 spiro atoms. The highest BCUT2D eigenvalue weighted by molar-refractivity contribution is 5.88. The molecule has 3 aromatic rings. The summed E-state index contributed by atoms with van der Waals surface area (Å²) in [6.45, 7) is 5.15. The number of nitrogens with one attached hydrogen (secondary N) is 1. The van der Waals surface area contributed by atoms with Gasteiger partial charge in [-0.05, 0) is 48.2 Å². The Bertz CT molecular complexity index is 949. The van der Waals surface area contributed by atoms with Gasteiger partial charge in [0.2, 0.25) is 0 Å². The molecule has 3 rings (SSSR count). The summed E-state index contributed by atoms with van der Waals surface area (Å²) in [5, 5.41) is 4.19. The number of amides is 1. The van der Waals surface area contributed by atoms with Crippen molar-refractivity contribution in [1.29, 1.82) is 0 Å². The average Bonchev–Trinajstić information content (AvgIpc) is 2.80. The molecule has 0 saturated carbocycles. The molecule has 0 bridgehead atoms. The summed E-state index contributed by atoms with van der Waals surface area (Å²) in [5.41, 5.74) is 5.32. The second-order valence-electron chi connectivity index (χ2n) is 6.98. The summed E-state index contributed by atoms with van der Waals surface area (Å²) in [4.78, 5) is 13.0. The van der Waals surface area contributed by atoms with Crippen LogP contribution in [0.5, 0.6) is 11.5 Å². The predicted molar refractivity (Wildman–Crippen MR) is 124 cm³/mol. The van der Waals surface area contributed by atoms with E-state index in [1.54, 1.807) is 6.21 Å². The molecule has 0 atom stereocenters. The van der Waals surface area contributed by atoms with E-state index in [2.05, 4.69) is 17.5 Å². The van der Waals surface area contributed by atoms with Gasteiger partial charge in [0.05, 0.1) is 25.3 Å². The summed E-state index contributed by atoms with van der Waals surface area (Å²) in [5.74, 6) is 0.737. The molecule has 0 radical (unpaired) electrons. The Kier molecular flexibility index (Phi) is 8.23. The highest BCUT2D eigenvalue weighted by atomic mass is 16.5. The largest absolute Gasteiger partial charge is 0.490 e. The number of ether oxygens (including phenoxy) is 2. The van der Waals surface area contributed by atoms with Crippen LogP contribution in [0.4, 0.5) is 0 Å². The van der Waals surface area contributed by atoms with E-state index in [1.165, 1.54) is 0 Å². The summed E-state index contributed by atoms with van der Waals surface area (Å²) in [7, 11) is 0. The molecule has 0 aromatic heterocycles. The highest BCUT2D eigenvalue weighted by Gasteiger charge is 2.22. The number of carbonyl (C=O) groups is 1. The molecule has 0 aliphatic carbocycles. The van der Waals surface area contributed by atoms with Crippen molar-refractivity contribution in [1.82, 2.24) is 5.43 Å². The summed E-state index contributed by atoms with van der Waals surface area (Å²) in [6, 6.07) is 25.0. The topological polar surface area (TPSA) is 59.9 Å². The second-order valence-corrected chi connectivity index (χ2v) is 6.98. The smallest absolute Gasteiger partial charge is 0.252 e. The van der Waals surface area contributed by atoms with Crippen LogP contribution in [-0.4, -0.2) is 25.3 Å². The van der Waals surface area contributed by atoms with Gasteiger partial charge in [0.1, 0.15) is 0 Å². The first kappa shape index (κ1) is 22.1. The van der Waals surface area contributed by atoms with E-state index < -0.39 is 5.92 Å². The van der Waals surface area contributed by atoms with Gasteiger partial charge in [-0.1, -0.05) is 67.6 Å². The molecule has 0 aliphatic rings. The number of rotatable bonds is 10. The standard InChI is InChI=1S/C26H28N2O3/c1-3-17-31-23-16-15-20(18-24(23)30-4-2)19-27-28-26(29)25(21-11-7-5-8-12-21)22-13-9-6-10-14-22/h5-16,18-19,25H,3-4,17H2,1-2H3,(H,28,29)/b27-19+. The van der Waals surface area contributed by atoms with E-state index >= 15 is 0 Å². The van der Waals surface area contributed by atoms with Gasteiger partial charge < -0.3 is 9.47 Å². The summed E-state index contributed by atoms with van der Waals surface area (Å²) >= 11 is 0. The van der Waals surface area contributed by atoms with Gasteiger partial charge in [-0.25, -0.2) is 5.43 Å². The van der Waals surface area contributed by atoms with E-state index in [0.717, 1.165) is 23.1 Å². The first-order valence-electron chi connectivity index (χ1n) is 10.5. The zero-order chi connectivity index (χ0) is 21.9. The Hall–Kier alpha value is -3.60. The van der Waals surface area contributed by atoms with Crippen molar-refractivity contribution >= 4 is 12.1 Å². The number of benzene rings is 3. The summed E-state index contributed by atoms with van der Waals surface area (Å²) in [6.07, 6.45) is 2.53. The average molecular weight is 417 g/mol. The lowest BCUT2D eigenvalue weighted by Crippen LogP contribution is -2.26. The van der Waals surface area contributed by atoms with E-state index in [1.807, 2.05) is 85.8 Å². The van der Waals surface area contributed by atoms with Crippen molar-refractivity contribution in [3.05, 3.63) is 95.6 Å². The number of hydrogen-bond donors (Lipinski definition) is 1. The van der Waals surface area contributed by atoms with Crippen LogP contribution in [0.15, 0.2) is 84.0 Å². The Morgan fingerprint density at radius 1 is 0.903 bits per heavy atom. The Labute approximate surface area is 183 Å². The molecule has 160 valence electrons. The van der Waals surface area contributed by atoms with Crippen molar-refractivity contribution in [2.24, 2.45) is 5.10 Å². The van der Waals surface area contributed by atoms with Crippen LogP contribution >= 0.6 is 0 Å². The van der Waals surface area contributed by atoms with Crippen LogP contribution < -0.4 is 14.9 Å². The predicted octanol–water partition coefficient (Wildman–Crippen LogP) is 5.16. The number of hydrogen-bond acceptors (Lipinski definition) is 4. The third-order valence-electron chi connectivity index (χ3n) is 4.65. The number of nitrogens with zero attached hydrogens (tertiary/aromatic N) is 1. The van der Waals surface area contributed by atoms with E-state index in [9.17, 15) is 4.79 Å². The van der Waals surface area contributed by atoms with E-state index in [4.69, 9.17) is 9.47 Å². The monoisotopic (exact) mass is 416 g/mol. The quantitative estimate of drug-likeness (QED) is 0.367. The van der Waals surface area contributed by atoms with Crippen LogP contribution in [0.25, 0.3) is 0 Å². The molecule has 1 amide bonds. The molecular formula is C26H28N2O3. The van der Waals surface area contributed by atoms with Gasteiger partial charge in [-0.2, -0.15) is 5.10 Å². The fraction of sp³-hybridized carbons (Fsp3) is 0.231. The van der Waals surface area contributed by atoms with Gasteiger partial charge in [-0.3, -0.25) is 4.79 Å². The Balaban J connectivity index is 1.75. The fourth-order valence-corrected chi connectivity index (χ4v) is 3.23. The van der Waals surface area contributed by atoms with Crippen LogP contribution in [0.2, 0.25) is 0 Å².